The van der Waals surface area contributed by atoms with Gasteiger partial charge in [-0.25, -0.2) is 19.3 Å². The Bertz CT molecular complexity index is 1230. The number of benzene rings is 2. The predicted octanol–water partition coefficient (Wildman–Crippen LogP) is 5.49. The summed E-state index contributed by atoms with van der Waals surface area (Å²) in [7, 11) is 0. The van der Waals surface area contributed by atoms with E-state index in [0.717, 1.165) is 11.3 Å². The van der Waals surface area contributed by atoms with Crippen molar-refractivity contribution < 1.29 is 13.9 Å². The molecule has 0 saturated carbocycles. The molecule has 2 aromatic heterocycles. The van der Waals surface area contributed by atoms with Crippen LogP contribution in [-0.4, -0.2) is 33.1 Å². The van der Waals surface area contributed by atoms with Crippen molar-refractivity contribution in [3.8, 4) is 22.6 Å². The summed E-state index contributed by atoms with van der Waals surface area (Å²) < 4.78 is 25.4. The first-order valence-electron chi connectivity index (χ1n) is 10.7. The summed E-state index contributed by atoms with van der Waals surface area (Å²) in [6, 6.07) is 17.7. The standard InChI is InChI=1S/C25H24FN5O2/c1-25(2)14-32-23(33-15-25)22-30-20(16-8-10-17(26)11-9-16)21(31-22)19-12-13-27-24(29-19)28-18-6-4-3-5-7-18/h3-13,23H,14-15H2,1-2H3,(H,30,31)(H,27,28,29). The van der Waals surface area contributed by atoms with Gasteiger partial charge in [0.15, 0.2) is 5.82 Å². The van der Waals surface area contributed by atoms with Crippen LogP contribution in [0, 0.1) is 11.2 Å². The van der Waals surface area contributed by atoms with Gasteiger partial charge in [0.25, 0.3) is 0 Å². The van der Waals surface area contributed by atoms with Gasteiger partial charge >= 0.3 is 0 Å². The number of aromatic nitrogens is 4. The van der Waals surface area contributed by atoms with Crippen molar-refractivity contribution in [1.82, 2.24) is 19.9 Å². The van der Waals surface area contributed by atoms with Crippen LogP contribution in [0.4, 0.5) is 16.0 Å². The quantitative estimate of drug-likeness (QED) is 0.423. The zero-order valence-corrected chi connectivity index (χ0v) is 18.4. The van der Waals surface area contributed by atoms with E-state index in [9.17, 15) is 4.39 Å². The summed E-state index contributed by atoms with van der Waals surface area (Å²) in [5.74, 6) is 0.677. The van der Waals surface area contributed by atoms with Gasteiger partial charge in [0, 0.05) is 22.9 Å². The Kier molecular flexibility index (Phi) is 5.62. The van der Waals surface area contributed by atoms with Gasteiger partial charge in [-0.2, -0.15) is 0 Å². The third kappa shape index (κ3) is 4.76. The van der Waals surface area contributed by atoms with Crippen LogP contribution in [0.25, 0.3) is 22.6 Å². The predicted molar refractivity (Wildman–Crippen MR) is 123 cm³/mol. The average molecular weight is 445 g/mol. The molecule has 2 N–H and O–H groups in total. The van der Waals surface area contributed by atoms with E-state index in [2.05, 4.69) is 34.1 Å². The van der Waals surface area contributed by atoms with E-state index in [4.69, 9.17) is 14.5 Å². The van der Waals surface area contributed by atoms with Gasteiger partial charge < -0.3 is 19.8 Å². The lowest BCUT2D eigenvalue weighted by Gasteiger charge is -2.33. The average Bonchev–Trinajstić information content (AvgIpc) is 3.26. The topological polar surface area (TPSA) is 85.0 Å². The van der Waals surface area contributed by atoms with Crippen LogP contribution in [-0.2, 0) is 9.47 Å². The van der Waals surface area contributed by atoms with Crippen molar-refractivity contribution in [3.05, 3.63) is 78.5 Å². The number of halogens is 1. The lowest BCUT2D eigenvalue weighted by molar-refractivity contribution is -0.229. The number of imidazole rings is 1. The van der Waals surface area contributed by atoms with Gasteiger partial charge in [-0.1, -0.05) is 32.0 Å². The number of anilines is 2. The molecule has 4 aromatic rings. The summed E-state index contributed by atoms with van der Waals surface area (Å²) in [6.45, 7) is 5.28. The van der Waals surface area contributed by atoms with Gasteiger partial charge in [0.05, 0.1) is 30.3 Å². The second-order valence-electron chi connectivity index (χ2n) is 8.73. The molecule has 0 unspecified atom stereocenters. The fraction of sp³-hybridized carbons (Fsp3) is 0.240. The molecule has 0 aliphatic carbocycles. The zero-order chi connectivity index (χ0) is 22.8. The van der Waals surface area contributed by atoms with Gasteiger partial charge in [-0.3, -0.25) is 0 Å². The maximum Gasteiger partial charge on any atom is 0.227 e. The molecule has 0 spiro atoms. The maximum atomic E-state index is 13.6. The van der Waals surface area contributed by atoms with Crippen molar-refractivity contribution in [2.24, 2.45) is 5.41 Å². The smallest absolute Gasteiger partial charge is 0.227 e. The SMILES string of the molecule is CC1(C)COC(c2nc(-c3ccc(F)cc3)c(-c3ccnc(Nc4ccccc4)n3)[nH]2)OC1. The van der Waals surface area contributed by atoms with Crippen LogP contribution >= 0.6 is 0 Å². The molecule has 1 fully saturated rings. The molecule has 8 heteroatoms. The van der Waals surface area contributed by atoms with E-state index in [1.54, 1.807) is 24.4 Å². The molecule has 5 rings (SSSR count). The van der Waals surface area contributed by atoms with Crippen LogP contribution in [0.2, 0.25) is 0 Å². The van der Waals surface area contributed by atoms with E-state index in [1.807, 2.05) is 30.3 Å². The van der Waals surface area contributed by atoms with E-state index in [-0.39, 0.29) is 11.2 Å². The number of aromatic amines is 1. The Morgan fingerprint density at radius 1 is 0.970 bits per heavy atom. The molecule has 3 heterocycles. The maximum absolute atomic E-state index is 13.6. The van der Waals surface area contributed by atoms with Crippen LogP contribution in [0.3, 0.4) is 0 Å². The fourth-order valence-corrected chi connectivity index (χ4v) is 3.56. The molecule has 1 aliphatic heterocycles. The highest BCUT2D eigenvalue weighted by Gasteiger charge is 2.32. The minimum Gasteiger partial charge on any atom is -0.345 e. The minimum absolute atomic E-state index is 0.0592. The highest BCUT2D eigenvalue weighted by molar-refractivity contribution is 5.77. The van der Waals surface area contributed by atoms with Crippen molar-refractivity contribution in [1.29, 1.82) is 0 Å². The molecule has 0 atom stereocenters. The number of H-pyrrole nitrogens is 1. The van der Waals surface area contributed by atoms with Crippen molar-refractivity contribution >= 4 is 11.6 Å². The number of nitrogens with zero attached hydrogens (tertiary/aromatic N) is 3. The lowest BCUT2D eigenvalue weighted by atomic mass is 9.96. The summed E-state index contributed by atoms with van der Waals surface area (Å²) in [5, 5.41) is 3.20. The summed E-state index contributed by atoms with van der Waals surface area (Å²) in [5.41, 5.74) is 3.51. The Morgan fingerprint density at radius 2 is 1.70 bits per heavy atom. The second kappa shape index (κ2) is 8.73. The highest BCUT2D eigenvalue weighted by atomic mass is 19.1. The molecule has 7 nitrogen and oxygen atoms in total. The molecule has 1 saturated heterocycles. The number of rotatable bonds is 5. The molecule has 0 radical (unpaired) electrons. The number of para-hydroxylation sites is 1. The molecule has 1 aliphatic rings. The Morgan fingerprint density at radius 3 is 2.42 bits per heavy atom. The summed E-state index contributed by atoms with van der Waals surface area (Å²) in [6.07, 6.45) is 1.06. The molecule has 33 heavy (non-hydrogen) atoms. The van der Waals surface area contributed by atoms with Crippen molar-refractivity contribution in [2.75, 3.05) is 18.5 Å². The molecular formula is C25H24FN5O2. The molecule has 2 aromatic carbocycles. The van der Waals surface area contributed by atoms with E-state index in [0.29, 0.717) is 42.1 Å². The molecular weight excluding hydrogens is 421 g/mol. The molecule has 168 valence electrons. The Labute approximate surface area is 191 Å². The molecule has 0 amide bonds. The van der Waals surface area contributed by atoms with E-state index in [1.165, 1.54) is 12.1 Å². The molecule has 0 bridgehead atoms. The van der Waals surface area contributed by atoms with Crippen LogP contribution in [0.1, 0.15) is 26.0 Å². The van der Waals surface area contributed by atoms with Gasteiger partial charge in [-0.15, -0.1) is 0 Å². The first-order valence-corrected chi connectivity index (χ1v) is 10.7. The first kappa shape index (κ1) is 21.2. The van der Waals surface area contributed by atoms with Crippen LogP contribution < -0.4 is 5.32 Å². The monoisotopic (exact) mass is 445 g/mol. The van der Waals surface area contributed by atoms with Gasteiger partial charge in [0.2, 0.25) is 12.2 Å². The second-order valence-corrected chi connectivity index (χ2v) is 8.73. The third-order valence-corrected chi connectivity index (χ3v) is 5.26. The van der Waals surface area contributed by atoms with Crippen molar-refractivity contribution in [3.63, 3.8) is 0 Å². The summed E-state index contributed by atoms with van der Waals surface area (Å²) >= 11 is 0. The number of nitrogens with one attached hydrogen (secondary N) is 2. The van der Waals surface area contributed by atoms with Crippen LogP contribution in [0.5, 0.6) is 0 Å². The van der Waals surface area contributed by atoms with Gasteiger partial charge in [-0.05, 0) is 42.5 Å². The largest absolute Gasteiger partial charge is 0.345 e. The summed E-state index contributed by atoms with van der Waals surface area (Å²) in [4.78, 5) is 17.1. The Hall–Kier alpha value is -3.62. The number of hydrogen-bond donors (Lipinski definition) is 2. The third-order valence-electron chi connectivity index (χ3n) is 5.26. The lowest BCUT2D eigenvalue weighted by Crippen LogP contribution is -2.34. The number of ether oxygens (including phenoxy) is 2. The highest BCUT2D eigenvalue weighted by Crippen LogP contribution is 2.35. The van der Waals surface area contributed by atoms with Gasteiger partial charge in [0.1, 0.15) is 5.82 Å². The first-order chi connectivity index (χ1) is 16.0. The van der Waals surface area contributed by atoms with Crippen molar-refractivity contribution in [2.45, 2.75) is 20.1 Å². The fourth-order valence-electron chi connectivity index (χ4n) is 3.56. The zero-order valence-electron chi connectivity index (χ0n) is 18.4. The van der Waals surface area contributed by atoms with E-state index < -0.39 is 6.29 Å². The number of hydrogen-bond acceptors (Lipinski definition) is 6. The Balaban J connectivity index is 1.52. The van der Waals surface area contributed by atoms with E-state index >= 15 is 0 Å². The van der Waals surface area contributed by atoms with Crippen LogP contribution in [0.15, 0.2) is 66.9 Å². The minimum atomic E-state index is -0.616. The normalized spacial score (nSPS) is 16.0.